The first kappa shape index (κ1) is 13.1. The third-order valence-electron chi connectivity index (χ3n) is 2.75. The zero-order valence-electron chi connectivity index (χ0n) is 11.0. The number of nitrogen functional groups attached to an aromatic ring is 1. The molecule has 0 saturated carbocycles. The summed E-state index contributed by atoms with van der Waals surface area (Å²) in [5.74, 6) is 0.00801. The molecule has 0 radical (unpaired) electrons. The van der Waals surface area contributed by atoms with Gasteiger partial charge in [-0.3, -0.25) is 9.48 Å². The number of carbonyl (C=O) groups is 1. The number of nitrogens with two attached hydrogens (primary N) is 1. The molecule has 0 fully saturated rings. The number of benzene rings is 1. The van der Waals surface area contributed by atoms with Gasteiger partial charge in [0.25, 0.3) is 0 Å². The molecule has 5 nitrogen and oxygen atoms in total. The minimum atomic E-state index is 0.00801. The topological polar surface area (TPSA) is 72.9 Å². The Kier molecular flexibility index (Phi) is 4.18. The van der Waals surface area contributed by atoms with Crippen molar-refractivity contribution in [2.45, 2.75) is 26.3 Å². The molecule has 2 aromatic rings. The lowest BCUT2D eigenvalue weighted by atomic mass is 10.2. The molecule has 1 aromatic carbocycles. The van der Waals surface area contributed by atoms with Gasteiger partial charge in [0.05, 0.1) is 6.20 Å². The first-order valence-electron chi connectivity index (χ1n) is 6.28. The maximum absolute atomic E-state index is 11.7. The van der Waals surface area contributed by atoms with Crippen LogP contribution in [0.25, 0.3) is 0 Å². The molecular weight excluding hydrogens is 240 g/mol. The molecule has 0 aliphatic heterocycles. The Balaban J connectivity index is 1.74. The van der Waals surface area contributed by atoms with Crippen molar-refractivity contribution < 1.29 is 4.79 Å². The normalized spacial score (nSPS) is 10.4. The summed E-state index contributed by atoms with van der Waals surface area (Å²) in [5, 5.41) is 7.01. The van der Waals surface area contributed by atoms with Crippen LogP contribution in [0.2, 0.25) is 0 Å². The molecule has 1 heterocycles. The van der Waals surface area contributed by atoms with Gasteiger partial charge in [0.2, 0.25) is 5.91 Å². The third-order valence-corrected chi connectivity index (χ3v) is 2.75. The van der Waals surface area contributed by atoms with Crippen molar-refractivity contribution in [2.24, 2.45) is 0 Å². The van der Waals surface area contributed by atoms with Crippen LogP contribution in [-0.2, 0) is 11.3 Å². The molecule has 1 amide bonds. The summed E-state index contributed by atoms with van der Waals surface area (Å²) in [5.41, 5.74) is 8.17. The average Bonchev–Trinajstić information content (AvgIpc) is 2.78. The molecule has 19 heavy (non-hydrogen) atoms. The van der Waals surface area contributed by atoms with Gasteiger partial charge in [0.15, 0.2) is 0 Å². The molecule has 0 aliphatic carbocycles. The van der Waals surface area contributed by atoms with Crippen LogP contribution < -0.4 is 11.1 Å². The van der Waals surface area contributed by atoms with Crippen molar-refractivity contribution in [1.29, 1.82) is 0 Å². The maximum Gasteiger partial charge on any atom is 0.224 e. The van der Waals surface area contributed by atoms with Gasteiger partial charge in [0.1, 0.15) is 0 Å². The molecule has 1 aromatic heterocycles. The van der Waals surface area contributed by atoms with E-state index in [0.29, 0.717) is 12.1 Å². The third kappa shape index (κ3) is 4.13. The summed E-state index contributed by atoms with van der Waals surface area (Å²) in [6, 6.07) is 7.12. The van der Waals surface area contributed by atoms with E-state index in [1.165, 1.54) is 0 Å². The lowest BCUT2D eigenvalue weighted by Gasteiger charge is -2.05. The van der Waals surface area contributed by atoms with E-state index in [1.807, 2.05) is 24.0 Å². The SMILES string of the molecule is Cc1cnn(CCCC(=O)Nc2ccc(N)cc2)c1. The minimum absolute atomic E-state index is 0.00801. The summed E-state index contributed by atoms with van der Waals surface area (Å²) in [7, 11) is 0. The largest absolute Gasteiger partial charge is 0.399 e. The Labute approximate surface area is 112 Å². The number of carbonyl (C=O) groups excluding carboxylic acids is 1. The van der Waals surface area contributed by atoms with E-state index in [2.05, 4.69) is 10.4 Å². The fraction of sp³-hybridized carbons (Fsp3) is 0.286. The van der Waals surface area contributed by atoms with Gasteiger partial charge < -0.3 is 11.1 Å². The number of hydrogen-bond donors (Lipinski definition) is 2. The quantitative estimate of drug-likeness (QED) is 0.807. The van der Waals surface area contributed by atoms with Gasteiger partial charge in [-0.15, -0.1) is 0 Å². The Morgan fingerprint density at radius 1 is 1.37 bits per heavy atom. The summed E-state index contributed by atoms with van der Waals surface area (Å²) in [6.45, 7) is 2.75. The monoisotopic (exact) mass is 258 g/mol. The summed E-state index contributed by atoms with van der Waals surface area (Å²) in [6.07, 6.45) is 5.03. The van der Waals surface area contributed by atoms with Crippen molar-refractivity contribution in [2.75, 3.05) is 11.1 Å². The molecule has 0 bridgehead atoms. The molecule has 100 valence electrons. The van der Waals surface area contributed by atoms with Crippen LogP contribution in [0, 0.1) is 6.92 Å². The van der Waals surface area contributed by atoms with E-state index in [4.69, 9.17) is 5.73 Å². The molecule has 0 unspecified atom stereocenters. The van der Waals surface area contributed by atoms with Crippen LogP contribution in [0.15, 0.2) is 36.7 Å². The van der Waals surface area contributed by atoms with E-state index >= 15 is 0 Å². The lowest BCUT2D eigenvalue weighted by molar-refractivity contribution is -0.116. The number of nitrogens with one attached hydrogen (secondary N) is 1. The fourth-order valence-corrected chi connectivity index (χ4v) is 1.78. The van der Waals surface area contributed by atoms with Gasteiger partial charge in [-0.2, -0.15) is 5.10 Å². The van der Waals surface area contributed by atoms with Crippen LogP contribution in [0.4, 0.5) is 11.4 Å². The van der Waals surface area contributed by atoms with E-state index in [-0.39, 0.29) is 5.91 Å². The van der Waals surface area contributed by atoms with Gasteiger partial charge in [-0.1, -0.05) is 0 Å². The maximum atomic E-state index is 11.7. The predicted octanol–water partition coefficient (Wildman–Crippen LogP) is 2.19. The Hall–Kier alpha value is -2.30. The molecule has 5 heteroatoms. The number of nitrogens with zero attached hydrogens (tertiary/aromatic N) is 2. The number of hydrogen-bond acceptors (Lipinski definition) is 3. The van der Waals surface area contributed by atoms with Gasteiger partial charge >= 0.3 is 0 Å². The highest BCUT2D eigenvalue weighted by atomic mass is 16.1. The molecule has 0 saturated heterocycles. The highest BCUT2D eigenvalue weighted by Crippen LogP contribution is 2.11. The van der Waals surface area contributed by atoms with E-state index in [9.17, 15) is 4.79 Å². The van der Waals surface area contributed by atoms with Crippen molar-refractivity contribution >= 4 is 17.3 Å². The smallest absolute Gasteiger partial charge is 0.224 e. The zero-order chi connectivity index (χ0) is 13.7. The number of aryl methyl sites for hydroxylation is 2. The molecule has 0 atom stereocenters. The second-order valence-corrected chi connectivity index (χ2v) is 4.55. The molecule has 0 spiro atoms. The van der Waals surface area contributed by atoms with Crippen LogP contribution in [0.1, 0.15) is 18.4 Å². The Bertz CT molecular complexity index is 545. The summed E-state index contributed by atoms with van der Waals surface area (Å²) in [4.78, 5) is 11.7. The Morgan fingerprint density at radius 2 is 2.11 bits per heavy atom. The highest BCUT2D eigenvalue weighted by Gasteiger charge is 2.02. The number of rotatable bonds is 5. The first-order chi connectivity index (χ1) is 9.13. The zero-order valence-corrected chi connectivity index (χ0v) is 11.0. The van der Waals surface area contributed by atoms with Gasteiger partial charge in [0, 0.05) is 30.5 Å². The fourth-order valence-electron chi connectivity index (χ4n) is 1.78. The van der Waals surface area contributed by atoms with Crippen LogP contribution in [0.5, 0.6) is 0 Å². The van der Waals surface area contributed by atoms with Gasteiger partial charge in [-0.25, -0.2) is 0 Å². The molecular formula is C14H18N4O. The van der Waals surface area contributed by atoms with E-state index < -0.39 is 0 Å². The summed E-state index contributed by atoms with van der Waals surface area (Å²) < 4.78 is 1.85. The number of amides is 1. The molecule has 3 N–H and O–H groups in total. The first-order valence-corrected chi connectivity index (χ1v) is 6.28. The van der Waals surface area contributed by atoms with E-state index in [0.717, 1.165) is 24.2 Å². The number of anilines is 2. The molecule has 2 rings (SSSR count). The van der Waals surface area contributed by atoms with Crippen molar-refractivity contribution in [1.82, 2.24) is 9.78 Å². The van der Waals surface area contributed by atoms with Crippen LogP contribution >= 0.6 is 0 Å². The standard InChI is InChI=1S/C14H18N4O/c1-11-9-16-18(10-11)8-2-3-14(19)17-13-6-4-12(15)5-7-13/h4-7,9-10H,2-3,8,15H2,1H3,(H,17,19). The van der Waals surface area contributed by atoms with Crippen molar-refractivity contribution in [3.05, 3.63) is 42.2 Å². The molecule has 0 aliphatic rings. The summed E-state index contributed by atoms with van der Waals surface area (Å²) >= 11 is 0. The predicted molar refractivity (Wildman–Crippen MR) is 75.7 cm³/mol. The van der Waals surface area contributed by atoms with Gasteiger partial charge in [-0.05, 0) is 43.2 Å². The second kappa shape index (κ2) is 6.04. The van der Waals surface area contributed by atoms with Crippen molar-refractivity contribution in [3.63, 3.8) is 0 Å². The lowest BCUT2D eigenvalue weighted by Crippen LogP contribution is -2.12. The average molecular weight is 258 g/mol. The van der Waals surface area contributed by atoms with Crippen LogP contribution in [-0.4, -0.2) is 15.7 Å². The van der Waals surface area contributed by atoms with E-state index in [1.54, 1.807) is 24.3 Å². The van der Waals surface area contributed by atoms with Crippen LogP contribution in [0.3, 0.4) is 0 Å². The Morgan fingerprint density at radius 3 is 2.74 bits per heavy atom. The minimum Gasteiger partial charge on any atom is -0.399 e. The second-order valence-electron chi connectivity index (χ2n) is 4.55. The highest BCUT2D eigenvalue weighted by molar-refractivity contribution is 5.90. The number of aromatic nitrogens is 2. The van der Waals surface area contributed by atoms with Crippen molar-refractivity contribution in [3.8, 4) is 0 Å².